The molecule has 0 aliphatic rings. The zero-order chi connectivity index (χ0) is 19.1. The Morgan fingerprint density at radius 1 is 1.22 bits per heavy atom. The number of ether oxygens (including phenoxy) is 1. The predicted octanol–water partition coefficient (Wildman–Crippen LogP) is 3.05. The number of hydrogen-bond donors (Lipinski definition) is 1. The van der Waals surface area contributed by atoms with Gasteiger partial charge in [0.15, 0.2) is 0 Å². The predicted molar refractivity (Wildman–Crippen MR) is 107 cm³/mol. The summed E-state index contributed by atoms with van der Waals surface area (Å²) in [6.45, 7) is 5.55. The Kier molecular flexibility index (Phi) is 6.27. The average molecular weight is 365 g/mol. The second-order valence-electron chi connectivity index (χ2n) is 5.98. The van der Waals surface area contributed by atoms with Gasteiger partial charge in [-0.3, -0.25) is 14.3 Å². The van der Waals surface area contributed by atoms with Gasteiger partial charge >= 0.3 is 0 Å². The van der Waals surface area contributed by atoms with Crippen molar-refractivity contribution in [3.63, 3.8) is 0 Å². The number of pyridine rings is 1. The highest BCUT2D eigenvalue weighted by atomic mass is 16.5. The van der Waals surface area contributed by atoms with Crippen LogP contribution in [0.25, 0.3) is 10.9 Å². The molecular formula is C20H23N5O2. The molecule has 0 spiro atoms. The molecule has 0 amide bonds. The molecule has 1 N–H and O–H groups in total. The highest BCUT2D eigenvalue weighted by Gasteiger charge is 2.10. The van der Waals surface area contributed by atoms with E-state index >= 15 is 0 Å². The van der Waals surface area contributed by atoms with Crippen molar-refractivity contribution in [1.29, 1.82) is 0 Å². The Morgan fingerprint density at radius 2 is 2.04 bits per heavy atom. The minimum atomic E-state index is -0.0923. The van der Waals surface area contributed by atoms with Crippen molar-refractivity contribution in [3.05, 3.63) is 64.7 Å². The van der Waals surface area contributed by atoms with Gasteiger partial charge in [0.2, 0.25) is 5.95 Å². The molecule has 1 aromatic carbocycles. The SMILES string of the molecule is CCOCCCn1c(N/N=C(/C)c2ccccn2)nc2ccccc2c1=O. The largest absolute Gasteiger partial charge is 0.382 e. The van der Waals surface area contributed by atoms with Gasteiger partial charge in [0.1, 0.15) is 0 Å². The molecule has 0 fully saturated rings. The normalized spacial score (nSPS) is 11.7. The third-order valence-electron chi connectivity index (χ3n) is 4.10. The molecule has 0 unspecified atom stereocenters. The number of anilines is 1. The minimum Gasteiger partial charge on any atom is -0.382 e. The van der Waals surface area contributed by atoms with Crippen LogP contribution in [0.5, 0.6) is 0 Å². The summed E-state index contributed by atoms with van der Waals surface area (Å²) in [5.74, 6) is 0.408. The standard InChI is InChI=1S/C20H23N5O2/c1-3-27-14-8-13-25-19(26)16-9-4-5-11-18(16)22-20(25)24-23-15(2)17-10-6-7-12-21-17/h4-7,9-12H,3,8,13-14H2,1-2H3,(H,22,24)/b23-15-. The van der Waals surface area contributed by atoms with Crippen molar-refractivity contribution in [3.8, 4) is 0 Å². The smallest absolute Gasteiger partial charge is 0.262 e. The molecule has 3 rings (SSSR count). The van der Waals surface area contributed by atoms with Crippen molar-refractivity contribution >= 4 is 22.6 Å². The number of benzene rings is 1. The maximum Gasteiger partial charge on any atom is 0.262 e. The molecule has 140 valence electrons. The number of aromatic nitrogens is 3. The number of fused-ring (bicyclic) bond motifs is 1. The van der Waals surface area contributed by atoms with E-state index in [2.05, 4.69) is 20.5 Å². The lowest BCUT2D eigenvalue weighted by atomic mass is 10.2. The molecule has 0 saturated heterocycles. The zero-order valence-electron chi connectivity index (χ0n) is 15.6. The molecular weight excluding hydrogens is 342 g/mol. The molecule has 2 heterocycles. The molecule has 0 atom stereocenters. The lowest BCUT2D eigenvalue weighted by Crippen LogP contribution is -2.25. The second kappa shape index (κ2) is 9.05. The molecule has 0 aliphatic heterocycles. The van der Waals surface area contributed by atoms with Gasteiger partial charge < -0.3 is 4.74 Å². The van der Waals surface area contributed by atoms with Crippen LogP contribution in [0, 0.1) is 0 Å². The number of para-hydroxylation sites is 1. The number of nitrogens with zero attached hydrogens (tertiary/aromatic N) is 4. The van der Waals surface area contributed by atoms with Crippen LogP contribution in [0.1, 0.15) is 26.0 Å². The molecule has 0 saturated carbocycles. The molecule has 0 bridgehead atoms. The molecule has 3 aromatic rings. The van der Waals surface area contributed by atoms with E-state index in [-0.39, 0.29) is 5.56 Å². The summed E-state index contributed by atoms with van der Waals surface area (Å²) in [5, 5.41) is 4.96. The van der Waals surface area contributed by atoms with Crippen molar-refractivity contribution in [1.82, 2.24) is 14.5 Å². The van der Waals surface area contributed by atoms with Gasteiger partial charge in [-0.25, -0.2) is 10.4 Å². The fourth-order valence-corrected chi connectivity index (χ4v) is 2.70. The van der Waals surface area contributed by atoms with Crippen LogP contribution in [0.4, 0.5) is 5.95 Å². The summed E-state index contributed by atoms with van der Waals surface area (Å²) in [7, 11) is 0. The van der Waals surface area contributed by atoms with Crippen molar-refractivity contribution in [2.75, 3.05) is 18.6 Å². The first-order valence-electron chi connectivity index (χ1n) is 8.99. The maximum absolute atomic E-state index is 12.9. The topological polar surface area (TPSA) is 81.4 Å². The summed E-state index contributed by atoms with van der Waals surface area (Å²) in [5.41, 5.74) is 4.96. The van der Waals surface area contributed by atoms with Crippen molar-refractivity contribution in [2.24, 2.45) is 5.10 Å². The van der Waals surface area contributed by atoms with E-state index in [9.17, 15) is 4.79 Å². The Hall–Kier alpha value is -3.06. The van der Waals surface area contributed by atoms with Gasteiger partial charge in [-0.05, 0) is 44.5 Å². The van der Waals surface area contributed by atoms with Crippen LogP contribution in [-0.2, 0) is 11.3 Å². The highest BCUT2D eigenvalue weighted by molar-refractivity contribution is 5.97. The van der Waals surface area contributed by atoms with E-state index in [0.29, 0.717) is 48.7 Å². The fourth-order valence-electron chi connectivity index (χ4n) is 2.70. The van der Waals surface area contributed by atoms with Crippen LogP contribution < -0.4 is 11.0 Å². The first-order chi connectivity index (χ1) is 13.2. The number of hydrogen-bond acceptors (Lipinski definition) is 6. The van der Waals surface area contributed by atoms with Crippen molar-refractivity contribution < 1.29 is 4.74 Å². The van der Waals surface area contributed by atoms with E-state index in [1.165, 1.54) is 0 Å². The third-order valence-corrected chi connectivity index (χ3v) is 4.10. The van der Waals surface area contributed by atoms with Gasteiger partial charge in [-0.2, -0.15) is 5.10 Å². The van der Waals surface area contributed by atoms with E-state index in [1.807, 2.05) is 50.2 Å². The molecule has 2 aromatic heterocycles. The summed E-state index contributed by atoms with van der Waals surface area (Å²) >= 11 is 0. The zero-order valence-corrected chi connectivity index (χ0v) is 15.6. The van der Waals surface area contributed by atoms with Crippen LogP contribution in [-0.4, -0.2) is 33.5 Å². The van der Waals surface area contributed by atoms with Crippen LogP contribution in [0.3, 0.4) is 0 Å². The van der Waals surface area contributed by atoms with Gasteiger partial charge in [0.25, 0.3) is 5.56 Å². The number of hydrazone groups is 1. The maximum atomic E-state index is 12.9. The third kappa shape index (κ3) is 4.57. The molecule has 27 heavy (non-hydrogen) atoms. The monoisotopic (exact) mass is 365 g/mol. The molecule has 0 aliphatic carbocycles. The fraction of sp³-hybridized carbons (Fsp3) is 0.300. The lowest BCUT2D eigenvalue weighted by molar-refractivity contribution is 0.141. The number of rotatable bonds is 8. The summed E-state index contributed by atoms with van der Waals surface area (Å²) in [6, 6.07) is 12.9. The van der Waals surface area contributed by atoms with Crippen molar-refractivity contribution in [2.45, 2.75) is 26.8 Å². The first kappa shape index (κ1) is 18.7. The van der Waals surface area contributed by atoms with Gasteiger partial charge in [0, 0.05) is 26.0 Å². The lowest BCUT2D eigenvalue weighted by Gasteiger charge is -2.13. The minimum absolute atomic E-state index is 0.0923. The van der Waals surface area contributed by atoms with E-state index < -0.39 is 0 Å². The summed E-state index contributed by atoms with van der Waals surface area (Å²) < 4.78 is 6.99. The quantitative estimate of drug-likeness (QED) is 0.377. The summed E-state index contributed by atoms with van der Waals surface area (Å²) in [6.07, 6.45) is 2.43. The van der Waals surface area contributed by atoms with Crippen LogP contribution >= 0.6 is 0 Å². The molecule has 7 nitrogen and oxygen atoms in total. The Labute approximate surface area is 157 Å². The Morgan fingerprint density at radius 3 is 2.81 bits per heavy atom. The molecule has 0 radical (unpaired) electrons. The Bertz CT molecular complexity index is 983. The number of nitrogens with one attached hydrogen (secondary N) is 1. The van der Waals surface area contributed by atoms with E-state index in [0.717, 1.165) is 5.69 Å². The van der Waals surface area contributed by atoms with E-state index in [1.54, 1.807) is 16.8 Å². The second-order valence-corrected chi connectivity index (χ2v) is 5.98. The molecule has 7 heteroatoms. The van der Waals surface area contributed by atoms with Gasteiger partial charge in [0.05, 0.1) is 22.3 Å². The van der Waals surface area contributed by atoms with Crippen LogP contribution in [0.2, 0.25) is 0 Å². The van der Waals surface area contributed by atoms with Gasteiger partial charge in [-0.15, -0.1) is 0 Å². The Balaban J connectivity index is 1.93. The first-order valence-corrected chi connectivity index (χ1v) is 8.99. The average Bonchev–Trinajstić information content (AvgIpc) is 2.71. The highest BCUT2D eigenvalue weighted by Crippen LogP contribution is 2.12. The van der Waals surface area contributed by atoms with E-state index in [4.69, 9.17) is 4.74 Å². The summed E-state index contributed by atoms with van der Waals surface area (Å²) in [4.78, 5) is 21.8. The van der Waals surface area contributed by atoms with Crippen LogP contribution in [0.15, 0.2) is 58.6 Å². The van der Waals surface area contributed by atoms with Gasteiger partial charge in [-0.1, -0.05) is 18.2 Å².